The van der Waals surface area contributed by atoms with Crippen LogP contribution in [0.4, 0.5) is 4.39 Å². The molecule has 1 unspecified atom stereocenters. The number of carboxylic acids is 1. The first-order chi connectivity index (χ1) is 5.61. The van der Waals surface area contributed by atoms with E-state index >= 15 is 0 Å². The maximum Gasteiger partial charge on any atom is 0.335 e. The van der Waals surface area contributed by atoms with Crippen molar-refractivity contribution >= 4 is 5.97 Å². The minimum absolute atomic E-state index is 0.124. The summed E-state index contributed by atoms with van der Waals surface area (Å²) < 4.78 is 12.4. The van der Waals surface area contributed by atoms with Gasteiger partial charge in [-0.25, -0.2) is 9.18 Å². The van der Waals surface area contributed by atoms with Gasteiger partial charge in [-0.3, -0.25) is 5.73 Å². The molecule has 1 aromatic rings. The SMILES string of the molecule is NC(F)c1ccc(C(=O)O)cc1. The van der Waals surface area contributed by atoms with Gasteiger partial charge in [0.2, 0.25) is 0 Å². The standard InChI is InChI=1S/C8H8FNO2/c9-7(10)5-1-3-6(4-2-5)8(11)12/h1-4,7H,10H2,(H,11,12). The third kappa shape index (κ3) is 1.79. The van der Waals surface area contributed by atoms with Crippen LogP contribution < -0.4 is 5.73 Å². The molecule has 4 heteroatoms. The molecule has 0 saturated carbocycles. The van der Waals surface area contributed by atoms with E-state index in [1.165, 1.54) is 24.3 Å². The minimum Gasteiger partial charge on any atom is -0.478 e. The van der Waals surface area contributed by atoms with Gasteiger partial charge in [0.15, 0.2) is 6.30 Å². The molecule has 0 fully saturated rings. The fourth-order valence-electron chi connectivity index (χ4n) is 0.810. The van der Waals surface area contributed by atoms with Gasteiger partial charge in [0, 0.05) is 5.56 Å². The van der Waals surface area contributed by atoms with Crippen molar-refractivity contribution in [3.8, 4) is 0 Å². The largest absolute Gasteiger partial charge is 0.478 e. The molecule has 0 saturated heterocycles. The molecule has 1 aromatic carbocycles. The van der Waals surface area contributed by atoms with Crippen LogP contribution in [0.1, 0.15) is 22.2 Å². The van der Waals surface area contributed by atoms with Crippen molar-refractivity contribution in [3.63, 3.8) is 0 Å². The number of benzene rings is 1. The lowest BCUT2D eigenvalue weighted by Crippen LogP contribution is -2.04. The van der Waals surface area contributed by atoms with Crippen molar-refractivity contribution < 1.29 is 14.3 Å². The van der Waals surface area contributed by atoms with Crippen molar-refractivity contribution in [1.29, 1.82) is 0 Å². The second-order valence-corrected chi connectivity index (χ2v) is 2.33. The van der Waals surface area contributed by atoms with E-state index in [-0.39, 0.29) is 11.1 Å². The van der Waals surface area contributed by atoms with Crippen LogP contribution in [0.15, 0.2) is 24.3 Å². The zero-order chi connectivity index (χ0) is 9.14. The number of hydrogen-bond acceptors (Lipinski definition) is 2. The molecular weight excluding hydrogens is 161 g/mol. The number of nitrogens with two attached hydrogens (primary N) is 1. The van der Waals surface area contributed by atoms with Crippen molar-refractivity contribution in [1.82, 2.24) is 0 Å². The maximum absolute atomic E-state index is 12.4. The molecule has 0 radical (unpaired) electrons. The highest BCUT2D eigenvalue weighted by Crippen LogP contribution is 2.11. The Hall–Kier alpha value is -1.42. The summed E-state index contributed by atoms with van der Waals surface area (Å²) in [5.41, 5.74) is 5.33. The predicted octanol–water partition coefficient (Wildman–Crippen LogP) is 1.31. The molecule has 0 amide bonds. The highest BCUT2D eigenvalue weighted by Gasteiger charge is 2.05. The van der Waals surface area contributed by atoms with E-state index in [2.05, 4.69) is 0 Å². The van der Waals surface area contributed by atoms with E-state index in [1.54, 1.807) is 0 Å². The van der Waals surface area contributed by atoms with Gasteiger partial charge < -0.3 is 5.11 Å². The van der Waals surface area contributed by atoms with Crippen LogP contribution in [0.5, 0.6) is 0 Å². The summed E-state index contributed by atoms with van der Waals surface area (Å²) in [4.78, 5) is 10.4. The Balaban J connectivity index is 2.93. The van der Waals surface area contributed by atoms with Gasteiger partial charge in [-0.15, -0.1) is 0 Å². The van der Waals surface area contributed by atoms with E-state index < -0.39 is 12.3 Å². The molecular formula is C8H8FNO2. The molecule has 0 heterocycles. The first-order valence-corrected chi connectivity index (χ1v) is 3.34. The average Bonchev–Trinajstić information content (AvgIpc) is 2.04. The molecule has 64 valence electrons. The molecule has 3 N–H and O–H groups in total. The minimum atomic E-state index is -1.55. The third-order valence-corrected chi connectivity index (χ3v) is 1.48. The molecule has 1 atom stereocenters. The molecule has 0 bridgehead atoms. The highest BCUT2D eigenvalue weighted by atomic mass is 19.1. The zero-order valence-corrected chi connectivity index (χ0v) is 6.20. The number of rotatable bonds is 2. The monoisotopic (exact) mass is 169 g/mol. The van der Waals surface area contributed by atoms with E-state index in [4.69, 9.17) is 10.8 Å². The Morgan fingerprint density at radius 3 is 2.25 bits per heavy atom. The molecule has 0 aliphatic rings. The number of alkyl halides is 1. The van der Waals surface area contributed by atoms with Gasteiger partial charge in [-0.2, -0.15) is 0 Å². The van der Waals surface area contributed by atoms with Crippen molar-refractivity contribution in [2.75, 3.05) is 0 Å². The van der Waals surface area contributed by atoms with Gasteiger partial charge in [-0.1, -0.05) is 12.1 Å². The zero-order valence-electron chi connectivity index (χ0n) is 6.20. The summed E-state index contributed by atoms with van der Waals surface area (Å²) in [6, 6.07) is 5.34. The van der Waals surface area contributed by atoms with Crippen LogP contribution in [-0.4, -0.2) is 11.1 Å². The number of carboxylic acid groups (broad SMARTS) is 1. The van der Waals surface area contributed by atoms with Crippen LogP contribution in [0.2, 0.25) is 0 Å². The second-order valence-electron chi connectivity index (χ2n) is 2.33. The van der Waals surface area contributed by atoms with Gasteiger partial charge >= 0.3 is 5.97 Å². The Morgan fingerprint density at radius 1 is 1.42 bits per heavy atom. The lowest BCUT2D eigenvalue weighted by molar-refractivity contribution is 0.0697. The number of carbonyl (C=O) groups is 1. The number of aromatic carboxylic acids is 1. The molecule has 3 nitrogen and oxygen atoms in total. The van der Waals surface area contributed by atoms with Crippen molar-refractivity contribution in [2.24, 2.45) is 5.73 Å². The number of hydrogen-bond donors (Lipinski definition) is 2. The van der Waals surface area contributed by atoms with Crippen LogP contribution >= 0.6 is 0 Å². The molecule has 12 heavy (non-hydrogen) atoms. The summed E-state index contributed by atoms with van der Waals surface area (Å²) >= 11 is 0. The Kier molecular flexibility index (Phi) is 2.40. The third-order valence-electron chi connectivity index (χ3n) is 1.48. The normalized spacial score (nSPS) is 12.5. The summed E-state index contributed by atoms with van der Waals surface area (Å²) in [6.45, 7) is 0. The average molecular weight is 169 g/mol. The Morgan fingerprint density at radius 2 is 1.92 bits per heavy atom. The van der Waals surface area contributed by atoms with Gasteiger partial charge in [0.05, 0.1) is 5.56 Å². The lowest BCUT2D eigenvalue weighted by atomic mass is 10.1. The van der Waals surface area contributed by atoms with Crippen molar-refractivity contribution in [2.45, 2.75) is 6.30 Å². The predicted molar refractivity (Wildman–Crippen MR) is 41.4 cm³/mol. The summed E-state index contributed by atoms with van der Waals surface area (Å²) in [5.74, 6) is -1.03. The topological polar surface area (TPSA) is 63.3 Å². The first-order valence-electron chi connectivity index (χ1n) is 3.34. The fourth-order valence-corrected chi connectivity index (χ4v) is 0.810. The van der Waals surface area contributed by atoms with Gasteiger partial charge in [-0.05, 0) is 12.1 Å². The summed E-state index contributed by atoms with van der Waals surface area (Å²) in [7, 11) is 0. The highest BCUT2D eigenvalue weighted by molar-refractivity contribution is 5.87. The second kappa shape index (κ2) is 3.32. The van der Waals surface area contributed by atoms with E-state index in [1.807, 2.05) is 0 Å². The fraction of sp³-hybridized carbons (Fsp3) is 0.125. The molecule has 0 aliphatic heterocycles. The van der Waals surface area contributed by atoms with E-state index in [0.29, 0.717) is 0 Å². The van der Waals surface area contributed by atoms with Gasteiger partial charge in [0.25, 0.3) is 0 Å². The Labute approximate surface area is 68.6 Å². The Bertz CT molecular complexity index is 282. The smallest absolute Gasteiger partial charge is 0.335 e. The van der Waals surface area contributed by atoms with Crippen LogP contribution in [0.25, 0.3) is 0 Å². The summed E-state index contributed by atoms with van der Waals surface area (Å²) in [6.07, 6.45) is -1.55. The van der Waals surface area contributed by atoms with Crippen LogP contribution in [0.3, 0.4) is 0 Å². The van der Waals surface area contributed by atoms with Crippen LogP contribution in [0, 0.1) is 0 Å². The van der Waals surface area contributed by atoms with Crippen molar-refractivity contribution in [3.05, 3.63) is 35.4 Å². The summed E-state index contributed by atoms with van der Waals surface area (Å²) in [5, 5.41) is 8.49. The maximum atomic E-state index is 12.4. The van der Waals surface area contributed by atoms with E-state index in [9.17, 15) is 9.18 Å². The first kappa shape index (κ1) is 8.67. The molecule has 1 rings (SSSR count). The lowest BCUT2D eigenvalue weighted by Gasteiger charge is -2.01. The van der Waals surface area contributed by atoms with Crippen LogP contribution in [-0.2, 0) is 0 Å². The van der Waals surface area contributed by atoms with E-state index in [0.717, 1.165) is 0 Å². The quantitative estimate of drug-likeness (QED) is 0.656. The van der Waals surface area contributed by atoms with Gasteiger partial charge in [0.1, 0.15) is 0 Å². The molecule has 0 aromatic heterocycles. The number of halogens is 1. The molecule has 0 aliphatic carbocycles. The molecule has 0 spiro atoms.